The number of thiophene rings is 1. The van der Waals surface area contributed by atoms with Crippen LogP contribution in [0, 0.1) is 0 Å². The number of hydrogen-bond acceptors (Lipinski definition) is 4. The van der Waals surface area contributed by atoms with Gasteiger partial charge in [0.1, 0.15) is 0 Å². The average molecular weight is 310 g/mol. The van der Waals surface area contributed by atoms with Crippen molar-refractivity contribution >= 4 is 23.3 Å². The van der Waals surface area contributed by atoms with Gasteiger partial charge in [-0.25, -0.2) is 4.79 Å². The van der Waals surface area contributed by atoms with E-state index in [0.29, 0.717) is 18.8 Å². The molecule has 2 aliphatic rings. The van der Waals surface area contributed by atoms with Crippen LogP contribution in [0.3, 0.4) is 0 Å². The number of carbonyl (C=O) groups excluding carboxylic acids is 1. The number of carbonyl (C=O) groups is 2. The van der Waals surface area contributed by atoms with Gasteiger partial charge in [-0.1, -0.05) is 0 Å². The minimum absolute atomic E-state index is 0.00689. The molecular formula is C14H18N2O4S. The zero-order valence-corrected chi connectivity index (χ0v) is 12.3. The van der Waals surface area contributed by atoms with E-state index in [2.05, 4.69) is 10.6 Å². The van der Waals surface area contributed by atoms with Crippen molar-refractivity contribution < 1.29 is 19.4 Å². The first-order chi connectivity index (χ1) is 10.1. The van der Waals surface area contributed by atoms with Gasteiger partial charge in [0.05, 0.1) is 5.56 Å². The van der Waals surface area contributed by atoms with Gasteiger partial charge in [-0.15, -0.1) is 11.3 Å². The van der Waals surface area contributed by atoms with E-state index >= 15 is 0 Å². The van der Waals surface area contributed by atoms with Crippen molar-refractivity contribution in [2.75, 3.05) is 13.2 Å². The Morgan fingerprint density at radius 3 is 2.76 bits per heavy atom. The summed E-state index contributed by atoms with van der Waals surface area (Å²) in [6, 6.07) is 2.07. The molecule has 1 aliphatic carbocycles. The molecule has 0 spiro atoms. The lowest BCUT2D eigenvalue weighted by molar-refractivity contribution is 0.0696. The third kappa shape index (κ3) is 3.54. The predicted molar refractivity (Wildman–Crippen MR) is 77.9 cm³/mol. The zero-order chi connectivity index (χ0) is 14.8. The maximum atomic E-state index is 12.2. The summed E-state index contributed by atoms with van der Waals surface area (Å²) >= 11 is 1.52. The largest absolute Gasteiger partial charge is 0.465 e. The highest BCUT2D eigenvalue weighted by Crippen LogP contribution is 2.43. The van der Waals surface area contributed by atoms with E-state index in [9.17, 15) is 9.59 Å². The van der Waals surface area contributed by atoms with Crippen LogP contribution in [0.25, 0.3) is 0 Å². The van der Waals surface area contributed by atoms with E-state index in [0.717, 1.165) is 24.1 Å². The highest BCUT2D eigenvalue weighted by molar-refractivity contribution is 7.10. The molecule has 6 nitrogen and oxygen atoms in total. The van der Waals surface area contributed by atoms with Crippen molar-refractivity contribution in [1.82, 2.24) is 10.6 Å². The number of carboxylic acid groups (broad SMARTS) is 1. The second-order valence-electron chi connectivity index (χ2n) is 5.50. The molecule has 3 rings (SSSR count). The zero-order valence-electron chi connectivity index (χ0n) is 11.5. The molecule has 2 unspecified atom stereocenters. The Bertz CT molecular complexity index is 539. The van der Waals surface area contributed by atoms with Crippen LogP contribution >= 0.6 is 11.3 Å². The van der Waals surface area contributed by atoms with Gasteiger partial charge in [-0.2, -0.15) is 0 Å². The third-order valence-corrected chi connectivity index (χ3v) is 4.97. The molecule has 114 valence electrons. The first kappa shape index (κ1) is 14.3. The summed E-state index contributed by atoms with van der Waals surface area (Å²) in [6.45, 7) is 1.40. The van der Waals surface area contributed by atoms with E-state index in [1.54, 1.807) is 0 Å². The van der Waals surface area contributed by atoms with E-state index in [-0.39, 0.29) is 23.9 Å². The van der Waals surface area contributed by atoms with E-state index in [1.165, 1.54) is 11.3 Å². The van der Waals surface area contributed by atoms with Gasteiger partial charge in [0.15, 0.2) is 0 Å². The Labute approximate surface area is 126 Å². The van der Waals surface area contributed by atoms with Crippen LogP contribution in [-0.2, 0) is 4.74 Å². The Morgan fingerprint density at radius 2 is 2.05 bits per heavy atom. The fourth-order valence-corrected chi connectivity index (χ4v) is 3.67. The van der Waals surface area contributed by atoms with Crippen molar-refractivity contribution in [2.45, 2.75) is 37.3 Å². The highest BCUT2D eigenvalue weighted by Gasteiger charge is 2.40. The average Bonchev–Trinajstić information content (AvgIpc) is 3.02. The van der Waals surface area contributed by atoms with Crippen molar-refractivity contribution in [3.8, 4) is 0 Å². The van der Waals surface area contributed by atoms with Crippen LogP contribution in [0.15, 0.2) is 11.4 Å². The monoisotopic (exact) mass is 310 g/mol. The van der Waals surface area contributed by atoms with Crippen molar-refractivity contribution in [3.63, 3.8) is 0 Å². The molecule has 1 saturated heterocycles. The molecule has 0 bridgehead atoms. The molecule has 1 aromatic heterocycles. The molecule has 1 aliphatic heterocycles. The molecule has 2 atom stereocenters. The number of rotatable bonds is 4. The first-order valence-electron chi connectivity index (χ1n) is 7.10. The molecule has 2 heterocycles. The molecule has 0 aromatic carbocycles. The van der Waals surface area contributed by atoms with Crippen molar-refractivity contribution in [3.05, 3.63) is 21.9 Å². The van der Waals surface area contributed by atoms with E-state index < -0.39 is 6.09 Å². The van der Waals surface area contributed by atoms with Crippen LogP contribution in [0.5, 0.6) is 0 Å². The van der Waals surface area contributed by atoms with Crippen LogP contribution in [-0.4, -0.2) is 42.4 Å². The lowest BCUT2D eigenvalue weighted by Crippen LogP contribution is -2.38. The predicted octanol–water partition coefficient (Wildman–Crippen LogP) is 1.78. The minimum atomic E-state index is -0.989. The van der Waals surface area contributed by atoms with Crippen LogP contribution in [0.2, 0.25) is 0 Å². The standard InChI is InChI=1S/C14H18N2O4S/c17-13(15-9-1-3-20-4-2-9)8-5-12(21-7-8)10-6-11(10)16-14(18)19/h5,7,9-11,16H,1-4,6H2,(H,15,17)(H,18,19). The van der Waals surface area contributed by atoms with Gasteiger partial charge in [-0.3, -0.25) is 4.79 Å². The topological polar surface area (TPSA) is 87.7 Å². The number of nitrogens with one attached hydrogen (secondary N) is 2. The number of hydrogen-bond donors (Lipinski definition) is 3. The summed E-state index contributed by atoms with van der Waals surface area (Å²) in [4.78, 5) is 23.8. The van der Waals surface area contributed by atoms with Crippen molar-refractivity contribution in [2.24, 2.45) is 0 Å². The van der Waals surface area contributed by atoms with Gasteiger partial charge < -0.3 is 20.5 Å². The normalized spacial score (nSPS) is 25.3. The van der Waals surface area contributed by atoms with Gasteiger partial charge in [-0.05, 0) is 25.3 Å². The summed E-state index contributed by atoms with van der Waals surface area (Å²) in [6.07, 6.45) is 1.54. The van der Waals surface area contributed by atoms with Crippen LogP contribution in [0.1, 0.15) is 40.4 Å². The molecule has 2 amide bonds. The van der Waals surface area contributed by atoms with Gasteiger partial charge in [0.2, 0.25) is 0 Å². The minimum Gasteiger partial charge on any atom is -0.465 e. The second-order valence-corrected chi connectivity index (χ2v) is 6.44. The third-order valence-electron chi connectivity index (χ3n) is 3.90. The van der Waals surface area contributed by atoms with E-state index in [1.807, 2.05) is 11.4 Å². The molecule has 21 heavy (non-hydrogen) atoms. The number of ether oxygens (including phenoxy) is 1. The van der Waals surface area contributed by atoms with Gasteiger partial charge in [0.25, 0.3) is 5.91 Å². The Balaban J connectivity index is 1.55. The maximum Gasteiger partial charge on any atom is 0.404 e. The summed E-state index contributed by atoms with van der Waals surface area (Å²) in [5, 5.41) is 16.0. The summed E-state index contributed by atoms with van der Waals surface area (Å²) in [5.41, 5.74) is 0.669. The van der Waals surface area contributed by atoms with Gasteiger partial charge in [0, 0.05) is 41.5 Å². The Hall–Kier alpha value is -1.60. The molecule has 7 heteroatoms. The van der Waals surface area contributed by atoms with Crippen LogP contribution in [0.4, 0.5) is 4.79 Å². The lowest BCUT2D eigenvalue weighted by atomic mass is 10.1. The van der Waals surface area contributed by atoms with Crippen LogP contribution < -0.4 is 10.6 Å². The summed E-state index contributed by atoms with van der Waals surface area (Å²) < 4.78 is 5.27. The molecule has 0 radical (unpaired) electrons. The smallest absolute Gasteiger partial charge is 0.404 e. The number of amides is 2. The summed E-state index contributed by atoms with van der Waals surface area (Å²) in [5.74, 6) is 0.170. The molecule has 2 fully saturated rings. The van der Waals surface area contributed by atoms with Gasteiger partial charge >= 0.3 is 6.09 Å². The molecule has 1 saturated carbocycles. The Kier molecular flexibility index (Phi) is 4.12. The fraction of sp³-hybridized carbons (Fsp3) is 0.571. The van der Waals surface area contributed by atoms with Crippen molar-refractivity contribution in [1.29, 1.82) is 0 Å². The van der Waals surface area contributed by atoms with E-state index in [4.69, 9.17) is 9.84 Å². The lowest BCUT2D eigenvalue weighted by Gasteiger charge is -2.22. The fourth-order valence-electron chi connectivity index (χ4n) is 2.60. The molecular weight excluding hydrogens is 292 g/mol. The Morgan fingerprint density at radius 1 is 1.29 bits per heavy atom. The molecule has 1 aromatic rings. The highest BCUT2D eigenvalue weighted by atomic mass is 32.1. The summed E-state index contributed by atoms with van der Waals surface area (Å²) in [7, 11) is 0. The SMILES string of the molecule is O=C(O)NC1CC1c1cc(C(=O)NC2CCOCC2)cs1. The second kappa shape index (κ2) is 6.03. The first-order valence-corrected chi connectivity index (χ1v) is 7.98. The quantitative estimate of drug-likeness (QED) is 0.791. The molecule has 3 N–H and O–H groups in total. The maximum absolute atomic E-state index is 12.2.